The Morgan fingerprint density at radius 1 is 0.647 bits per heavy atom. The molecule has 2 rings (SSSR count). The van der Waals surface area contributed by atoms with Gasteiger partial charge in [-0.05, 0) is 35.4 Å². The SMILES string of the molecule is C=Cc1ccc([I+]c2ccc(C=C)cc2)cc1. The van der Waals surface area contributed by atoms with E-state index in [0.29, 0.717) is 0 Å². The third-order valence-corrected chi connectivity index (χ3v) is 5.11. The van der Waals surface area contributed by atoms with Crippen LogP contribution in [-0.4, -0.2) is 0 Å². The van der Waals surface area contributed by atoms with E-state index >= 15 is 0 Å². The van der Waals surface area contributed by atoms with Gasteiger partial charge in [-0.3, -0.25) is 0 Å². The van der Waals surface area contributed by atoms with E-state index in [2.05, 4.69) is 61.7 Å². The molecule has 0 aromatic heterocycles. The largest absolute Gasteiger partial charge is 0.357 e. The first kappa shape index (κ1) is 12.1. The molecule has 2 aromatic carbocycles. The van der Waals surface area contributed by atoms with Gasteiger partial charge >= 0.3 is 21.2 Å². The van der Waals surface area contributed by atoms with Gasteiger partial charge in [-0.1, -0.05) is 49.6 Å². The van der Waals surface area contributed by atoms with Crippen LogP contribution < -0.4 is 21.2 Å². The Bertz CT molecular complexity index is 457. The van der Waals surface area contributed by atoms with E-state index in [9.17, 15) is 0 Å². The van der Waals surface area contributed by atoms with E-state index in [4.69, 9.17) is 0 Å². The summed E-state index contributed by atoms with van der Waals surface area (Å²) in [7, 11) is 0. The summed E-state index contributed by atoms with van der Waals surface area (Å²) in [6.07, 6.45) is 3.75. The van der Waals surface area contributed by atoms with Gasteiger partial charge in [0.1, 0.15) is 0 Å². The number of hydrogen-bond acceptors (Lipinski definition) is 0. The predicted octanol–water partition coefficient (Wildman–Crippen LogP) is 1.10. The smallest absolute Gasteiger partial charge is 0.0985 e. The quantitative estimate of drug-likeness (QED) is 0.736. The van der Waals surface area contributed by atoms with Gasteiger partial charge in [0.2, 0.25) is 0 Å². The molecule has 0 fully saturated rings. The molecule has 84 valence electrons. The predicted molar refractivity (Wildman–Crippen MR) is 70.5 cm³/mol. The summed E-state index contributed by atoms with van der Waals surface area (Å²) >= 11 is -0.0761. The fourth-order valence-corrected chi connectivity index (χ4v) is 3.61. The minimum absolute atomic E-state index is 0.0761. The molecule has 1 heteroatoms. The average molecular weight is 333 g/mol. The van der Waals surface area contributed by atoms with Crippen molar-refractivity contribution < 1.29 is 21.2 Å². The summed E-state index contributed by atoms with van der Waals surface area (Å²) in [5, 5.41) is 0. The molecule has 17 heavy (non-hydrogen) atoms. The third kappa shape index (κ3) is 3.30. The van der Waals surface area contributed by atoms with Crippen LogP contribution in [0, 0.1) is 7.14 Å². The number of halogens is 1. The summed E-state index contributed by atoms with van der Waals surface area (Å²) in [6.45, 7) is 7.53. The van der Waals surface area contributed by atoms with Crippen LogP contribution in [0.4, 0.5) is 0 Å². The van der Waals surface area contributed by atoms with Gasteiger partial charge in [0.15, 0.2) is 7.14 Å². The van der Waals surface area contributed by atoms with E-state index < -0.39 is 0 Å². The van der Waals surface area contributed by atoms with E-state index in [-0.39, 0.29) is 21.2 Å². The molecule has 0 N–H and O–H groups in total. The Morgan fingerprint density at radius 3 is 1.29 bits per heavy atom. The fourth-order valence-electron chi connectivity index (χ4n) is 1.45. The van der Waals surface area contributed by atoms with Crippen molar-refractivity contribution in [3.05, 3.63) is 80.0 Å². The minimum Gasteiger partial charge on any atom is -0.0985 e. The molecule has 0 amide bonds. The van der Waals surface area contributed by atoms with Gasteiger partial charge in [0.05, 0.1) is 0 Å². The van der Waals surface area contributed by atoms with Crippen LogP contribution in [0.15, 0.2) is 61.7 Å². The van der Waals surface area contributed by atoms with Crippen molar-refractivity contribution in [1.82, 2.24) is 0 Å². The van der Waals surface area contributed by atoms with Gasteiger partial charge in [0, 0.05) is 0 Å². The molecular weight excluding hydrogens is 319 g/mol. The van der Waals surface area contributed by atoms with Gasteiger partial charge in [-0.15, -0.1) is 0 Å². The van der Waals surface area contributed by atoms with Crippen LogP contribution in [-0.2, 0) is 0 Å². The summed E-state index contributed by atoms with van der Waals surface area (Å²) < 4.78 is 2.86. The molecule has 0 aliphatic carbocycles. The van der Waals surface area contributed by atoms with Crippen molar-refractivity contribution in [1.29, 1.82) is 0 Å². The lowest BCUT2D eigenvalue weighted by molar-refractivity contribution is -0.597. The van der Waals surface area contributed by atoms with E-state index in [1.165, 1.54) is 18.3 Å². The van der Waals surface area contributed by atoms with Crippen LogP contribution in [0.3, 0.4) is 0 Å². The molecule has 0 unspecified atom stereocenters. The van der Waals surface area contributed by atoms with Crippen molar-refractivity contribution in [3.8, 4) is 0 Å². The standard InChI is InChI=1S/C16H14I/c1-3-13-5-9-15(10-6-13)17-16-11-7-14(4-2)8-12-16/h3-12H,1-2H2/q+1. The first-order valence-corrected chi connectivity index (χ1v) is 7.57. The van der Waals surface area contributed by atoms with Crippen LogP contribution in [0.1, 0.15) is 11.1 Å². The van der Waals surface area contributed by atoms with Crippen molar-refractivity contribution in [2.75, 3.05) is 0 Å². The molecule has 0 aliphatic heterocycles. The summed E-state index contributed by atoms with van der Waals surface area (Å²) in [6, 6.07) is 17.3. The lowest BCUT2D eigenvalue weighted by atomic mass is 10.2. The second kappa shape index (κ2) is 5.82. The maximum atomic E-state index is 3.76. The van der Waals surface area contributed by atoms with E-state index in [1.54, 1.807) is 0 Å². The van der Waals surface area contributed by atoms with Crippen molar-refractivity contribution >= 4 is 12.2 Å². The third-order valence-electron chi connectivity index (χ3n) is 2.43. The number of rotatable bonds is 4. The molecule has 0 aliphatic rings. The minimum atomic E-state index is -0.0761. The van der Waals surface area contributed by atoms with Crippen molar-refractivity contribution in [2.24, 2.45) is 0 Å². The lowest BCUT2D eigenvalue weighted by Crippen LogP contribution is -3.61. The van der Waals surface area contributed by atoms with Crippen molar-refractivity contribution in [2.45, 2.75) is 0 Å². The highest BCUT2D eigenvalue weighted by molar-refractivity contribution is 5.46. The zero-order valence-electron chi connectivity index (χ0n) is 9.57. The fraction of sp³-hybridized carbons (Fsp3) is 0. The molecular formula is C16H14I+. The Balaban J connectivity index is 2.13. The number of hydrogen-bond donors (Lipinski definition) is 0. The Morgan fingerprint density at radius 2 is 1.00 bits per heavy atom. The molecule has 0 radical (unpaired) electrons. The molecule has 0 spiro atoms. The molecule has 0 heterocycles. The Kier molecular flexibility index (Phi) is 4.15. The highest BCUT2D eigenvalue weighted by Crippen LogP contribution is 2.00. The van der Waals surface area contributed by atoms with Crippen LogP contribution >= 0.6 is 0 Å². The zero-order valence-corrected chi connectivity index (χ0v) is 11.7. The normalized spacial score (nSPS) is 9.88. The average Bonchev–Trinajstić information content (AvgIpc) is 2.40. The maximum Gasteiger partial charge on any atom is 0.357 e. The van der Waals surface area contributed by atoms with Crippen LogP contribution in [0.25, 0.3) is 12.2 Å². The summed E-state index contributed by atoms with van der Waals surface area (Å²) in [5.41, 5.74) is 2.36. The highest BCUT2D eigenvalue weighted by Gasteiger charge is 2.14. The first-order valence-electron chi connectivity index (χ1n) is 5.41. The molecule has 0 nitrogen and oxygen atoms in total. The first-order chi connectivity index (χ1) is 8.31. The van der Waals surface area contributed by atoms with E-state index in [1.807, 2.05) is 12.2 Å². The van der Waals surface area contributed by atoms with E-state index in [0.717, 1.165) is 0 Å². The lowest BCUT2D eigenvalue weighted by Gasteiger charge is -1.92. The van der Waals surface area contributed by atoms with Gasteiger partial charge in [-0.2, -0.15) is 0 Å². The molecule has 0 saturated heterocycles. The number of benzene rings is 2. The zero-order chi connectivity index (χ0) is 12.1. The highest BCUT2D eigenvalue weighted by atomic mass is 127. The van der Waals surface area contributed by atoms with Gasteiger partial charge in [-0.25, -0.2) is 0 Å². The second-order valence-corrected chi connectivity index (χ2v) is 6.64. The van der Waals surface area contributed by atoms with Crippen molar-refractivity contribution in [3.63, 3.8) is 0 Å². The topological polar surface area (TPSA) is 0 Å². The Hall–Kier alpha value is -1.35. The van der Waals surface area contributed by atoms with Gasteiger partial charge in [0.25, 0.3) is 0 Å². The molecule has 0 atom stereocenters. The molecule has 0 bridgehead atoms. The Labute approximate surface area is 113 Å². The monoisotopic (exact) mass is 333 g/mol. The molecule has 0 saturated carbocycles. The van der Waals surface area contributed by atoms with Crippen LogP contribution in [0.2, 0.25) is 0 Å². The summed E-state index contributed by atoms with van der Waals surface area (Å²) in [4.78, 5) is 0. The maximum absolute atomic E-state index is 3.76. The molecule has 2 aromatic rings. The van der Waals surface area contributed by atoms with Crippen LogP contribution in [0.5, 0.6) is 0 Å². The van der Waals surface area contributed by atoms with Gasteiger partial charge < -0.3 is 0 Å². The summed E-state index contributed by atoms with van der Waals surface area (Å²) in [5.74, 6) is 0. The second-order valence-electron chi connectivity index (χ2n) is 3.61.